The van der Waals surface area contributed by atoms with Gasteiger partial charge in [0.25, 0.3) is 0 Å². The van der Waals surface area contributed by atoms with Crippen LogP contribution >= 0.6 is 11.6 Å². The Hall–Kier alpha value is -2.24. The van der Waals surface area contributed by atoms with Crippen LogP contribution in [0.1, 0.15) is 30.9 Å². The van der Waals surface area contributed by atoms with Gasteiger partial charge in [0.1, 0.15) is 5.75 Å². The van der Waals surface area contributed by atoms with E-state index < -0.39 is 0 Å². The van der Waals surface area contributed by atoms with E-state index in [0.717, 1.165) is 38.2 Å². The van der Waals surface area contributed by atoms with Crippen molar-refractivity contribution in [1.82, 2.24) is 0 Å². The lowest BCUT2D eigenvalue weighted by molar-refractivity contribution is 0.0619. The first-order valence-electron chi connectivity index (χ1n) is 9.22. The van der Waals surface area contributed by atoms with Gasteiger partial charge < -0.3 is 20.5 Å². The van der Waals surface area contributed by atoms with E-state index >= 15 is 0 Å². The molecule has 5 nitrogen and oxygen atoms in total. The summed E-state index contributed by atoms with van der Waals surface area (Å²) in [5.74, 6) is 1.59. The van der Waals surface area contributed by atoms with E-state index in [0.29, 0.717) is 22.6 Å². The minimum absolute atomic E-state index is 0.00974. The molecule has 0 bridgehead atoms. The molecule has 1 aliphatic rings. The molecule has 0 saturated carbocycles. The maximum absolute atomic E-state index is 6.21. The fraction of sp³-hybridized carbons (Fsp3) is 0.381. The fourth-order valence-electron chi connectivity index (χ4n) is 3.33. The second-order valence-corrected chi connectivity index (χ2v) is 7.11. The molecule has 0 spiro atoms. The van der Waals surface area contributed by atoms with Gasteiger partial charge in [-0.2, -0.15) is 0 Å². The highest BCUT2D eigenvalue weighted by Gasteiger charge is 2.20. The molecule has 0 aromatic heterocycles. The molecule has 0 aliphatic carbocycles. The summed E-state index contributed by atoms with van der Waals surface area (Å²) in [7, 11) is 1.59. The van der Waals surface area contributed by atoms with Crippen molar-refractivity contribution in [3.63, 3.8) is 0 Å². The van der Waals surface area contributed by atoms with Gasteiger partial charge in [0, 0.05) is 18.9 Å². The number of rotatable bonds is 6. The Labute approximate surface area is 165 Å². The lowest BCUT2D eigenvalue weighted by atomic mass is 9.90. The lowest BCUT2D eigenvalue weighted by Crippen LogP contribution is -2.25. The monoisotopic (exact) mass is 387 g/mol. The summed E-state index contributed by atoms with van der Waals surface area (Å²) in [6.07, 6.45) is 3.10. The van der Waals surface area contributed by atoms with Crippen LogP contribution in [-0.2, 0) is 4.74 Å². The summed E-state index contributed by atoms with van der Waals surface area (Å²) in [5.41, 5.74) is 8.16. The first kappa shape index (κ1) is 19.5. The molecule has 27 heavy (non-hydrogen) atoms. The molecule has 3 rings (SSSR count). The van der Waals surface area contributed by atoms with Gasteiger partial charge in [-0.25, -0.2) is 4.99 Å². The molecule has 1 heterocycles. The average molecular weight is 388 g/mol. The van der Waals surface area contributed by atoms with Crippen molar-refractivity contribution in [3.8, 4) is 5.75 Å². The third-order valence-electron chi connectivity index (χ3n) is 4.80. The molecule has 1 saturated heterocycles. The van der Waals surface area contributed by atoms with Crippen LogP contribution in [-0.4, -0.2) is 26.3 Å². The number of nitrogens with two attached hydrogens (primary N) is 1. The van der Waals surface area contributed by atoms with E-state index in [4.69, 9.17) is 31.8 Å². The number of ether oxygens (including phenoxy) is 2. The highest BCUT2D eigenvalue weighted by Crippen LogP contribution is 2.31. The van der Waals surface area contributed by atoms with E-state index in [1.165, 1.54) is 5.56 Å². The van der Waals surface area contributed by atoms with Gasteiger partial charge in [0.05, 0.1) is 18.2 Å². The Bertz CT molecular complexity index is 761. The summed E-state index contributed by atoms with van der Waals surface area (Å²) in [6.45, 7) is 1.65. The number of guanidine groups is 1. The molecule has 0 radical (unpaired) electrons. The summed E-state index contributed by atoms with van der Waals surface area (Å²) in [4.78, 5) is 4.78. The maximum atomic E-state index is 6.21. The number of nitrogens with zero attached hydrogens (tertiary/aromatic N) is 1. The summed E-state index contributed by atoms with van der Waals surface area (Å²) in [6, 6.07) is 15.7. The van der Waals surface area contributed by atoms with Gasteiger partial charge in [-0.15, -0.1) is 0 Å². The number of aliphatic imine (C=N–C) groups is 1. The molecular weight excluding hydrogens is 362 g/mol. The quantitative estimate of drug-likeness (QED) is 0.560. The van der Waals surface area contributed by atoms with Crippen LogP contribution < -0.4 is 15.8 Å². The zero-order valence-corrected chi connectivity index (χ0v) is 16.3. The molecule has 1 unspecified atom stereocenters. The highest BCUT2D eigenvalue weighted by molar-refractivity contribution is 6.32. The van der Waals surface area contributed by atoms with E-state index in [1.807, 2.05) is 24.3 Å². The largest absolute Gasteiger partial charge is 0.495 e. The van der Waals surface area contributed by atoms with Crippen molar-refractivity contribution in [2.24, 2.45) is 16.6 Å². The molecule has 3 N–H and O–H groups in total. The van der Waals surface area contributed by atoms with E-state index in [2.05, 4.69) is 17.4 Å². The first-order chi connectivity index (χ1) is 13.2. The van der Waals surface area contributed by atoms with E-state index in [1.54, 1.807) is 19.2 Å². The Morgan fingerprint density at radius 2 is 2.00 bits per heavy atom. The van der Waals surface area contributed by atoms with Crippen LogP contribution in [0.25, 0.3) is 0 Å². The smallest absolute Gasteiger partial charge is 0.193 e. The zero-order valence-electron chi connectivity index (χ0n) is 15.5. The SMILES string of the molecule is COc1ccc(NC(N)=NC(CC2CCOCC2)c2ccccc2)cc1Cl. The van der Waals surface area contributed by atoms with Gasteiger partial charge in [0.2, 0.25) is 0 Å². The molecule has 144 valence electrons. The number of hydrogen-bond donors (Lipinski definition) is 2. The standard InChI is InChI=1S/C21H26ClN3O2/c1-26-20-8-7-17(14-18(20)22)24-21(23)25-19(16-5-3-2-4-6-16)13-15-9-11-27-12-10-15/h2-8,14-15,19H,9-13H2,1H3,(H3,23,24,25). The van der Waals surface area contributed by atoms with Crippen molar-refractivity contribution >= 4 is 23.2 Å². The summed E-state index contributed by atoms with van der Waals surface area (Å²) in [5, 5.41) is 3.66. The molecule has 1 fully saturated rings. The van der Waals surface area contributed by atoms with Crippen LogP contribution in [0.5, 0.6) is 5.75 Å². The predicted octanol–water partition coefficient (Wildman–Crippen LogP) is 4.63. The number of halogens is 1. The van der Waals surface area contributed by atoms with Gasteiger partial charge in [0.15, 0.2) is 5.96 Å². The molecule has 2 aromatic rings. The van der Waals surface area contributed by atoms with Crippen LogP contribution in [0.2, 0.25) is 5.02 Å². The van der Waals surface area contributed by atoms with Crippen molar-refractivity contribution in [2.75, 3.05) is 25.6 Å². The summed E-state index contributed by atoms with van der Waals surface area (Å²) < 4.78 is 10.7. The normalized spacial score (nSPS) is 16.7. The second-order valence-electron chi connectivity index (χ2n) is 6.71. The Morgan fingerprint density at radius 1 is 1.26 bits per heavy atom. The Morgan fingerprint density at radius 3 is 2.67 bits per heavy atom. The first-order valence-corrected chi connectivity index (χ1v) is 9.60. The highest BCUT2D eigenvalue weighted by atomic mass is 35.5. The van der Waals surface area contributed by atoms with E-state index in [9.17, 15) is 0 Å². The maximum Gasteiger partial charge on any atom is 0.193 e. The lowest BCUT2D eigenvalue weighted by Gasteiger charge is -2.25. The molecular formula is C21H26ClN3O2. The number of nitrogens with one attached hydrogen (secondary N) is 1. The van der Waals surface area contributed by atoms with Crippen LogP contribution in [0.4, 0.5) is 5.69 Å². The molecule has 1 atom stereocenters. The number of hydrogen-bond acceptors (Lipinski definition) is 3. The molecule has 1 aliphatic heterocycles. The van der Waals surface area contributed by atoms with Gasteiger partial charge in [-0.3, -0.25) is 0 Å². The minimum atomic E-state index is 0.00974. The number of methoxy groups -OCH3 is 1. The van der Waals surface area contributed by atoms with Gasteiger partial charge >= 0.3 is 0 Å². The topological polar surface area (TPSA) is 68.9 Å². The number of anilines is 1. The third-order valence-corrected chi connectivity index (χ3v) is 5.10. The molecule has 6 heteroatoms. The molecule has 2 aromatic carbocycles. The van der Waals surface area contributed by atoms with Crippen molar-refractivity contribution in [1.29, 1.82) is 0 Å². The van der Waals surface area contributed by atoms with Crippen LogP contribution in [0.15, 0.2) is 53.5 Å². The minimum Gasteiger partial charge on any atom is -0.495 e. The van der Waals surface area contributed by atoms with Crippen LogP contribution in [0.3, 0.4) is 0 Å². The average Bonchev–Trinajstić information content (AvgIpc) is 2.69. The van der Waals surface area contributed by atoms with Crippen molar-refractivity contribution in [3.05, 3.63) is 59.1 Å². The fourth-order valence-corrected chi connectivity index (χ4v) is 3.59. The predicted molar refractivity (Wildman–Crippen MR) is 111 cm³/mol. The zero-order chi connectivity index (χ0) is 19.1. The van der Waals surface area contributed by atoms with Gasteiger partial charge in [-0.1, -0.05) is 41.9 Å². The van der Waals surface area contributed by atoms with Crippen molar-refractivity contribution in [2.45, 2.75) is 25.3 Å². The van der Waals surface area contributed by atoms with Crippen LogP contribution in [0, 0.1) is 5.92 Å². The Balaban J connectivity index is 1.75. The third kappa shape index (κ3) is 5.62. The van der Waals surface area contributed by atoms with Crippen molar-refractivity contribution < 1.29 is 9.47 Å². The number of benzene rings is 2. The second kappa shape index (κ2) is 9.62. The molecule has 0 amide bonds. The van der Waals surface area contributed by atoms with Gasteiger partial charge in [-0.05, 0) is 48.9 Å². The Kier molecular flexibility index (Phi) is 6.96. The van der Waals surface area contributed by atoms with E-state index in [-0.39, 0.29) is 6.04 Å². The summed E-state index contributed by atoms with van der Waals surface area (Å²) >= 11 is 6.19.